The van der Waals surface area contributed by atoms with Gasteiger partial charge in [-0.15, -0.1) is 11.3 Å². The summed E-state index contributed by atoms with van der Waals surface area (Å²) >= 11 is 4.97. The van der Waals surface area contributed by atoms with E-state index < -0.39 is 0 Å². The largest absolute Gasteiger partial charge is 0.324 e. The molecule has 0 aliphatic carbocycles. The summed E-state index contributed by atoms with van der Waals surface area (Å²) in [6.07, 6.45) is 1.76. The number of aromatic nitrogens is 1. The third kappa shape index (κ3) is 4.12. The van der Waals surface area contributed by atoms with Crippen molar-refractivity contribution < 1.29 is 4.79 Å². The first-order valence-corrected chi connectivity index (χ1v) is 7.51. The second kappa shape index (κ2) is 6.79. The molecule has 2 aromatic rings. The van der Waals surface area contributed by atoms with E-state index in [1.54, 1.807) is 17.5 Å². The maximum atomic E-state index is 11.8. The van der Waals surface area contributed by atoms with E-state index in [0.717, 1.165) is 15.2 Å². The summed E-state index contributed by atoms with van der Waals surface area (Å²) in [4.78, 5) is 16.0. The average Bonchev–Trinajstić information content (AvgIpc) is 2.93. The average molecular weight is 340 g/mol. The minimum absolute atomic E-state index is 0.0738. The number of rotatable bonds is 5. The standard InChI is InChI=1S/C13H14BrN3OS/c1-9(13-15-6-7-19-13)16-8-12(18)17-11-5-3-2-4-10(11)14/h2-7,9,16H,8H2,1H3,(H,17,18). The van der Waals surface area contributed by atoms with Crippen molar-refractivity contribution in [2.24, 2.45) is 0 Å². The van der Waals surface area contributed by atoms with Crippen LogP contribution in [0, 0.1) is 0 Å². The molecule has 0 saturated heterocycles. The maximum absolute atomic E-state index is 11.8. The Balaban J connectivity index is 1.84. The smallest absolute Gasteiger partial charge is 0.238 e. The second-order valence-electron chi connectivity index (χ2n) is 4.00. The lowest BCUT2D eigenvalue weighted by atomic mass is 10.3. The van der Waals surface area contributed by atoms with Crippen molar-refractivity contribution in [1.29, 1.82) is 0 Å². The summed E-state index contributed by atoms with van der Waals surface area (Å²) in [5, 5.41) is 8.90. The molecular weight excluding hydrogens is 326 g/mol. The van der Waals surface area contributed by atoms with Crippen LogP contribution in [0.5, 0.6) is 0 Å². The van der Waals surface area contributed by atoms with Gasteiger partial charge < -0.3 is 5.32 Å². The molecule has 100 valence electrons. The second-order valence-corrected chi connectivity index (χ2v) is 5.78. The molecular formula is C13H14BrN3OS. The summed E-state index contributed by atoms with van der Waals surface area (Å²) in [6, 6.07) is 7.60. The number of anilines is 1. The molecule has 19 heavy (non-hydrogen) atoms. The van der Waals surface area contributed by atoms with Gasteiger partial charge in [0.2, 0.25) is 5.91 Å². The van der Waals surface area contributed by atoms with Crippen molar-refractivity contribution in [2.75, 3.05) is 11.9 Å². The number of carbonyl (C=O) groups is 1. The number of amides is 1. The fraction of sp³-hybridized carbons (Fsp3) is 0.231. The highest BCUT2D eigenvalue weighted by molar-refractivity contribution is 9.10. The molecule has 1 unspecified atom stereocenters. The van der Waals surface area contributed by atoms with Gasteiger partial charge in [0, 0.05) is 16.0 Å². The van der Waals surface area contributed by atoms with Crippen molar-refractivity contribution in [3.05, 3.63) is 45.3 Å². The van der Waals surface area contributed by atoms with Gasteiger partial charge in [-0.2, -0.15) is 0 Å². The Kier molecular flexibility index (Phi) is 5.07. The minimum Gasteiger partial charge on any atom is -0.324 e. The molecule has 0 saturated carbocycles. The quantitative estimate of drug-likeness (QED) is 0.879. The maximum Gasteiger partial charge on any atom is 0.238 e. The predicted octanol–water partition coefficient (Wildman–Crippen LogP) is 3.19. The molecule has 0 spiro atoms. The van der Waals surface area contributed by atoms with E-state index in [9.17, 15) is 4.79 Å². The molecule has 1 aromatic carbocycles. The van der Waals surface area contributed by atoms with Crippen LogP contribution in [0.25, 0.3) is 0 Å². The van der Waals surface area contributed by atoms with Gasteiger partial charge in [0.05, 0.1) is 18.3 Å². The van der Waals surface area contributed by atoms with E-state index in [0.29, 0.717) is 0 Å². The topological polar surface area (TPSA) is 54.0 Å². The van der Waals surface area contributed by atoms with E-state index >= 15 is 0 Å². The number of nitrogens with one attached hydrogen (secondary N) is 2. The molecule has 0 bridgehead atoms. The summed E-state index contributed by atoms with van der Waals surface area (Å²) in [5.41, 5.74) is 0.774. The first-order chi connectivity index (χ1) is 9.16. The van der Waals surface area contributed by atoms with Crippen molar-refractivity contribution in [3.63, 3.8) is 0 Å². The van der Waals surface area contributed by atoms with Gasteiger partial charge in [-0.25, -0.2) is 4.98 Å². The van der Waals surface area contributed by atoms with Crippen LogP contribution in [0.15, 0.2) is 40.3 Å². The molecule has 2 N–H and O–H groups in total. The molecule has 1 atom stereocenters. The molecule has 1 amide bonds. The van der Waals surface area contributed by atoms with Crippen LogP contribution >= 0.6 is 27.3 Å². The van der Waals surface area contributed by atoms with Gasteiger partial charge in [0.15, 0.2) is 0 Å². The monoisotopic (exact) mass is 339 g/mol. The number of thiazole rings is 1. The van der Waals surface area contributed by atoms with Crippen LogP contribution in [0.4, 0.5) is 5.69 Å². The Morgan fingerprint density at radius 2 is 2.26 bits per heavy atom. The minimum atomic E-state index is -0.0738. The van der Waals surface area contributed by atoms with Crippen LogP contribution in [0.3, 0.4) is 0 Å². The zero-order valence-electron chi connectivity index (χ0n) is 10.4. The molecule has 0 radical (unpaired) electrons. The highest BCUT2D eigenvalue weighted by Gasteiger charge is 2.10. The Morgan fingerprint density at radius 1 is 1.47 bits per heavy atom. The highest BCUT2D eigenvalue weighted by Crippen LogP contribution is 2.21. The lowest BCUT2D eigenvalue weighted by molar-refractivity contribution is -0.115. The van der Waals surface area contributed by atoms with Crippen molar-refractivity contribution >= 4 is 38.9 Å². The van der Waals surface area contributed by atoms with E-state index in [2.05, 4.69) is 31.5 Å². The SMILES string of the molecule is CC(NCC(=O)Nc1ccccc1Br)c1nccs1. The molecule has 0 aliphatic heterocycles. The van der Waals surface area contributed by atoms with E-state index in [4.69, 9.17) is 0 Å². The Bertz CT molecular complexity index is 545. The lowest BCUT2D eigenvalue weighted by Gasteiger charge is -2.11. The molecule has 1 heterocycles. The molecule has 2 rings (SSSR count). The van der Waals surface area contributed by atoms with Crippen molar-refractivity contribution in [3.8, 4) is 0 Å². The first kappa shape index (κ1) is 14.2. The van der Waals surface area contributed by atoms with Gasteiger partial charge >= 0.3 is 0 Å². The van der Waals surface area contributed by atoms with Gasteiger partial charge in [0.1, 0.15) is 5.01 Å². The van der Waals surface area contributed by atoms with Gasteiger partial charge in [-0.05, 0) is 35.0 Å². The fourth-order valence-electron chi connectivity index (χ4n) is 1.54. The van der Waals surface area contributed by atoms with Crippen molar-refractivity contribution in [1.82, 2.24) is 10.3 Å². The van der Waals surface area contributed by atoms with Crippen LogP contribution in [0.1, 0.15) is 18.0 Å². The summed E-state index contributed by atoms with van der Waals surface area (Å²) < 4.78 is 0.872. The summed E-state index contributed by atoms with van der Waals surface area (Å²) in [7, 11) is 0. The number of carbonyl (C=O) groups excluding carboxylic acids is 1. The first-order valence-electron chi connectivity index (χ1n) is 5.84. The summed E-state index contributed by atoms with van der Waals surface area (Å²) in [6.45, 7) is 2.24. The lowest BCUT2D eigenvalue weighted by Crippen LogP contribution is -2.30. The predicted molar refractivity (Wildman–Crippen MR) is 81.3 cm³/mol. The third-order valence-electron chi connectivity index (χ3n) is 2.54. The Morgan fingerprint density at radius 3 is 2.95 bits per heavy atom. The number of benzene rings is 1. The zero-order chi connectivity index (χ0) is 13.7. The normalized spacial score (nSPS) is 12.1. The highest BCUT2D eigenvalue weighted by atomic mass is 79.9. The van der Waals surface area contributed by atoms with Gasteiger partial charge in [0.25, 0.3) is 0 Å². The van der Waals surface area contributed by atoms with Gasteiger partial charge in [-0.1, -0.05) is 12.1 Å². The Hall–Kier alpha value is -1.24. The molecule has 1 aromatic heterocycles. The van der Waals surface area contributed by atoms with Crippen LogP contribution in [-0.4, -0.2) is 17.4 Å². The molecule has 4 nitrogen and oxygen atoms in total. The fourth-order valence-corrected chi connectivity index (χ4v) is 2.59. The number of hydrogen-bond donors (Lipinski definition) is 2. The van der Waals surface area contributed by atoms with Gasteiger partial charge in [-0.3, -0.25) is 10.1 Å². The van der Waals surface area contributed by atoms with E-state index in [1.807, 2.05) is 36.6 Å². The Labute approximate surface area is 124 Å². The van der Waals surface area contributed by atoms with E-state index in [-0.39, 0.29) is 18.5 Å². The van der Waals surface area contributed by atoms with Crippen molar-refractivity contribution in [2.45, 2.75) is 13.0 Å². The molecule has 0 fully saturated rings. The number of halogens is 1. The third-order valence-corrected chi connectivity index (χ3v) is 4.19. The number of hydrogen-bond acceptors (Lipinski definition) is 4. The summed E-state index contributed by atoms with van der Waals surface area (Å²) in [5.74, 6) is -0.0738. The number of para-hydroxylation sites is 1. The van der Waals surface area contributed by atoms with Crippen LogP contribution in [-0.2, 0) is 4.79 Å². The molecule has 6 heteroatoms. The van der Waals surface area contributed by atoms with Crippen LogP contribution in [0.2, 0.25) is 0 Å². The van der Waals surface area contributed by atoms with E-state index in [1.165, 1.54) is 0 Å². The van der Waals surface area contributed by atoms with Crippen LogP contribution < -0.4 is 10.6 Å². The number of nitrogens with zero attached hydrogens (tertiary/aromatic N) is 1. The molecule has 0 aliphatic rings. The zero-order valence-corrected chi connectivity index (χ0v) is 12.8.